The Morgan fingerprint density at radius 1 is 1.24 bits per heavy atom. The number of benzene rings is 1. The predicted octanol–water partition coefficient (Wildman–Crippen LogP) is 4.95. The first kappa shape index (κ1) is 22.8. The second-order valence-corrected chi connectivity index (χ2v) is 8.47. The monoisotopic (exact) mass is 457 g/mol. The highest BCUT2D eigenvalue weighted by molar-refractivity contribution is 5.98. The van der Waals surface area contributed by atoms with Crippen molar-refractivity contribution in [3.05, 3.63) is 71.7 Å². The molecule has 2 atom stereocenters. The molecule has 1 fully saturated rings. The van der Waals surface area contributed by atoms with E-state index in [2.05, 4.69) is 22.3 Å². The number of hydrogen-bond acceptors (Lipinski definition) is 4. The Balaban J connectivity index is 1.55. The largest absolute Gasteiger partial charge is 0.417 e. The Morgan fingerprint density at radius 3 is 2.73 bits per heavy atom. The van der Waals surface area contributed by atoms with Crippen molar-refractivity contribution in [2.45, 2.75) is 38.9 Å². The first-order chi connectivity index (χ1) is 15.7. The third kappa shape index (κ3) is 5.02. The maximum atomic E-state index is 13.7. The molecule has 2 aromatic heterocycles. The van der Waals surface area contributed by atoms with Gasteiger partial charge >= 0.3 is 6.18 Å². The van der Waals surface area contributed by atoms with Crippen LogP contribution in [-0.4, -0.2) is 44.7 Å². The van der Waals surface area contributed by atoms with Crippen LogP contribution in [0.2, 0.25) is 0 Å². The highest BCUT2D eigenvalue weighted by Gasteiger charge is 2.34. The highest BCUT2D eigenvalue weighted by Crippen LogP contribution is 2.30. The number of likely N-dealkylation sites (tertiary alicyclic amines) is 1. The van der Waals surface area contributed by atoms with E-state index < -0.39 is 11.7 Å². The Morgan fingerprint density at radius 2 is 2.06 bits per heavy atom. The van der Waals surface area contributed by atoms with Crippen molar-refractivity contribution >= 4 is 11.7 Å². The van der Waals surface area contributed by atoms with Gasteiger partial charge in [-0.25, -0.2) is 9.67 Å². The summed E-state index contributed by atoms with van der Waals surface area (Å²) >= 11 is 0. The van der Waals surface area contributed by atoms with E-state index in [1.807, 2.05) is 30.0 Å². The number of rotatable bonds is 5. The molecule has 0 bridgehead atoms. The van der Waals surface area contributed by atoms with Crippen molar-refractivity contribution in [3.8, 4) is 5.69 Å². The number of hydrogen-bond donors (Lipinski definition) is 1. The molecule has 33 heavy (non-hydrogen) atoms. The van der Waals surface area contributed by atoms with Gasteiger partial charge in [-0.05, 0) is 56.0 Å². The number of amides is 1. The van der Waals surface area contributed by atoms with E-state index >= 15 is 0 Å². The Bertz CT molecular complexity index is 1100. The molecule has 3 heterocycles. The number of piperidine rings is 1. The molecule has 9 heteroatoms. The number of carbonyl (C=O) groups excluding carboxylic acids is 1. The van der Waals surface area contributed by atoms with E-state index in [0.29, 0.717) is 30.2 Å². The lowest BCUT2D eigenvalue weighted by Gasteiger charge is -2.40. The second kappa shape index (κ2) is 9.25. The Kier molecular flexibility index (Phi) is 6.40. The van der Waals surface area contributed by atoms with Crippen molar-refractivity contribution in [1.29, 1.82) is 0 Å². The standard InChI is InChI=1S/C24H26F3N5O/c1-16-6-8-20(32-12-4-10-30-32)19(13-16)23(33)31-11-3-5-17(2)21(31)15-29-22-9-7-18(14-28-22)24(25,26)27/h4,6-10,12-14,17,21H,3,5,11,15H2,1-2H3,(H,28,29)/t17-,21-/m1/s1. The average molecular weight is 458 g/mol. The van der Waals surface area contributed by atoms with Gasteiger partial charge in [-0.2, -0.15) is 18.3 Å². The smallest absolute Gasteiger partial charge is 0.368 e. The summed E-state index contributed by atoms with van der Waals surface area (Å²) in [4.78, 5) is 19.5. The zero-order valence-corrected chi connectivity index (χ0v) is 18.5. The number of halogens is 3. The molecule has 1 saturated heterocycles. The van der Waals surface area contributed by atoms with Gasteiger partial charge in [-0.1, -0.05) is 18.6 Å². The summed E-state index contributed by atoms with van der Waals surface area (Å²) in [6.45, 7) is 5.05. The van der Waals surface area contributed by atoms with Gasteiger partial charge in [0, 0.05) is 31.7 Å². The zero-order valence-electron chi connectivity index (χ0n) is 18.5. The molecule has 1 aliphatic rings. The molecule has 1 N–H and O–H groups in total. The van der Waals surface area contributed by atoms with Gasteiger partial charge in [0.25, 0.3) is 5.91 Å². The van der Waals surface area contributed by atoms with Gasteiger partial charge in [0.15, 0.2) is 0 Å². The van der Waals surface area contributed by atoms with Gasteiger partial charge in [-0.3, -0.25) is 4.79 Å². The van der Waals surface area contributed by atoms with Crippen LogP contribution in [0.25, 0.3) is 5.69 Å². The molecular weight excluding hydrogens is 431 g/mol. The minimum Gasteiger partial charge on any atom is -0.368 e. The molecular formula is C24H26F3N5O. The van der Waals surface area contributed by atoms with Crippen molar-refractivity contribution in [2.75, 3.05) is 18.4 Å². The Hall–Kier alpha value is -3.36. The summed E-state index contributed by atoms with van der Waals surface area (Å²) in [7, 11) is 0. The molecule has 0 unspecified atom stereocenters. The maximum Gasteiger partial charge on any atom is 0.417 e. The Labute approximate surface area is 190 Å². The van der Waals surface area contributed by atoms with Gasteiger partial charge in [0.05, 0.1) is 22.9 Å². The summed E-state index contributed by atoms with van der Waals surface area (Å²) in [6, 6.07) is 9.72. The molecule has 0 saturated carbocycles. The molecule has 1 amide bonds. The van der Waals surface area contributed by atoms with Gasteiger partial charge < -0.3 is 10.2 Å². The quantitative estimate of drug-likeness (QED) is 0.589. The number of aryl methyl sites for hydroxylation is 1. The number of nitrogens with one attached hydrogen (secondary N) is 1. The van der Waals surface area contributed by atoms with Gasteiger partial charge in [0.1, 0.15) is 5.82 Å². The lowest BCUT2D eigenvalue weighted by molar-refractivity contribution is -0.137. The van der Waals surface area contributed by atoms with Crippen LogP contribution in [0, 0.1) is 12.8 Å². The first-order valence-electron chi connectivity index (χ1n) is 10.9. The summed E-state index contributed by atoms with van der Waals surface area (Å²) < 4.78 is 40.1. The summed E-state index contributed by atoms with van der Waals surface area (Å²) in [6.07, 6.45) is 1.73. The fourth-order valence-electron chi connectivity index (χ4n) is 4.27. The van der Waals surface area contributed by atoms with E-state index in [0.717, 1.165) is 30.7 Å². The van der Waals surface area contributed by atoms with Crippen molar-refractivity contribution in [3.63, 3.8) is 0 Å². The van der Waals surface area contributed by atoms with E-state index in [1.54, 1.807) is 23.1 Å². The SMILES string of the molecule is Cc1ccc(-n2cccn2)c(C(=O)N2CCC[C@@H](C)[C@H]2CNc2ccc(C(F)(F)F)cn2)c1. The molecule has 0 aliphatic carbocycles. The minimum absolute atomic E-state index is 0.0806. The molecule has 0 radical (unpaired) electrons. The van der Waals surface area contributed by atoms with Crippen LogP contribution in [0.5, 0.6) is 0 Å². The first-order valence-corrected chi connectivity index (χ1v) is 10.9. The number of pyridine rings is 1. The number of aromatic nitrogens is 3. The molecule has 6 nitrogen and oxygen atoms in total. The third-order valence-electron chi connectivity index (χ3n) is 6.09. The van der Waals surface area contributed by atoms with E-state index in [9.17, 15) is 18.0 Å². The number of alkyl halides is 3. The topological polar surface area (TPSA) is 63.1 Å². The van der Waals surface area contributed by atoms with Crippen LogP contribution in [-0.2, 0) is 6.18 Å². The van der Waals surface area contributed by atoms with Crippen LogP contribution in [0.15, 0.2) is 55.0 Å². The minimum atomic E-state index is -4.42. The maximum absolute atomic E-state index is 13.7. The zero-order chi connectivity index (χ0) is 23.6. The number of carbonyl (C=O) groups is 1. The van der Waals surface area contributed by atoms with E-state index in [4.69, 9.17) is 0 Å². The predicted molar refractivity (Wildman–Crippen MR) is 119 cm³/mol. The lowest BCUT2D eigenvalue weighted by Crippen LogP contribution is -2.51. The van der Waals surface area contributed by atoms with Gasteiger partial charge in [-0.15, -0.1) is 0 Å². The van der Waals surface area contributed by atoms with Gasteiger partial charge in [0.2, 0.25) is 0 Å². The van der Waals surface area contributed by atoms with Crippen molar-refractivity contribution < 1.29 is 18.0 Å². The highest BCUT2D eigenvalue weighted by atomic mass is 19.4. The molecule has 4 rings (SSSR count). The van der Waals surface area contributed by atoms with Crippen molar-refractivity contribution in [2.24, 2.45) is 5.92 Å². The lowest BCUT2D eigenvalue weighted by atomic mass is 9.89. The van der Waals surface area contributed by atoms with Crippen LogP contribution >= 0.6 is 0 Å². The number of nitrogens with zero attached hydrogens (tertiary/aromatic N) is 4. The summed E-state index contributed by atoms with van der Waals surface area (Å²) in [5.74, 6) is 0.492. The summed E-state index contributed by atoms with van der Waals surface area (Å²) in [5.41, 5.74) is 1.47. The molecule has 1 aromatic carbocycles. The average Bonchev–Trinajstić information content (AvgIpc) is 3.32. The van der Waals surface area contributed by atoms with Crippen LogP contribution in [0.4, 0.5) is 19.0 Å². The fourth-order valence-corrected chi connectivity index (χ4v) is 4.27. The molecule has 0 spiro atoms. The normalized spacial score (nSPS) is 18.9. The van der Waals surface area contributed by atoms with E-state index in [1.165, 1.54) is 6.07 Å². The molecule has 174 valence electrons. The summed E-state index contributed by atoms with van der Waals surface area (Å²) in [5, 5.41) is 7.41. The third-order valence-corrected chi connectivity index (χ3v) is 6.09. The van der Waals surface area contributed by atoms with Crippen LogP contribution in [0.1, 0.15) is 41.3 Å². The van der Waals surface area contributed by atoms with E-state index in [-0.39, 0.29) is 17.9 Å². The second-order valence-electron chi connectivity index (χ2n) is 8.47. The molecule has 3 aromatic rings. The van der Waals surface area contributed by atoms with Crippen LogP contribution < -0.4 is 5.32 Å². The van der Waals surface area contributed by atoms with Crippen LogP contribution in [0.3, 0.4) is 0 Å². The molecule has 1 aliphatic heterocycles. The number of anilines is 1. The van der Waals surface area contributed by atoms with Crippen molar-refractivity contribution in [1.82, 2.24) is 19.7 Å². The fraction of sp³-hybridized carbons (Fsp3) is 0.375.